The van der Waals surface area contributed by atoms with E-state index in [1.54, 1.807) is 18.2 Å². The van der Waals surface area contributed by atoms with E-state index >= 15 is 0 Å². The molecule has 1 aromatic rings. The third kappa shape index (κ3) is 19.6. The first kappa shape index (κ1) is 44.0. The maximum atomic E-state index is 13.1. The van der Waals surface area contributed by atoms with Gasteiger partial charge in [0.1, 0.15) is 0 Å². The van der Waals surface area contributed by atoms with Gasteiger partial charge in [0.15, 0.2) is 22.9 Å². The number of rotatable bonds is 29. The van der Waals surface area contributed by atoms with Crippen LogP contribution < -0.4 is 5.73 Å². The molecule has 0 bridgehead atoms. The van der Waals surface area contributed by atoms with Gasteiger partial charge in [0, 0.05) is 24.2 Å². The van der Waals surface area contributed by atoms with E-state index < -0.39 is 11.5 Å². The molecule has 0 radical (unpaired) electrons. The van der Waals surface area contributed by atoms with E-state index in [0.717, 1.165) is 62.7 Å². The number of thioether (sulfide) groups is 1. The summed E-state index contributed by atoms with van der Waals surface area (Å²) in [6, 6.07) is 6.96. The van der Waals surface area contributed by atoms with E-state index in [1.165, 1.54) is 88.8 Å². The summed E-state index contributed by atoms with van der Waals surface area (Å²) in [7, 11) is 0. The van der Waals surface area contributed by atoms with Crippen molar-refractivity contribution in [1.29, 1.82) is 0 Å². The average Bonchev–Trinajstić information content (AvgIpc) is 3.06. The maximum absolute atomic E-state index is 13.1. The first-order valence-corrected chi connectivity index (χ1v) is 19.7. The molecule has 0 saturated heterocycles. The maximum Gasteiger partial charge on any atom is 0.336 e. The third-order valence-electron chi connectivity index (χ3n) is 8.68. The molecular weight excluding hydrogens is 594 g/mol. The predicted octanol–water partition coefficient (Wildman–Crippen LogP) is 10.9. The molecule has 1 rings (SSSR count). The number of benzene rings is 1. The zero-order chi connectivity index (χ0) is 34.5. The summed E-state index contributed by atoms with van der Waals surface area (Å²) in [6.45, 7) is 6.60. The molecule has 0 aliphatic rings. The van der Waals surface area contributed by atoms with Crippen LogP contribution in [0.1, 0.15) is 185 Å². The number of carboxylic acids is 1. The lowest BCUT2D eigenvalue weighted by Gasteiger charge is -2.25. The Morgan fingerprint density at radius 1 is 0.565 bits per heavy atom. The van der Waals surface area contributed by atoms with Gasteiger partial charge in [-0.25, -0.2) is 4.79 Å². The Balaban J connectivity index is 0.00000153. The van der Waals surface area contributed by atoms with Gasteiger partial charge in [-0.2, -0.15) is 0 Å². The molecule has 0 spiro atoms. The van der Waals surface area contributed by atoms with Gasteiger partial charge in [-0.3, -0.25) is 14.4 Å². The van der Waals surface area contributed by atoms with Crippen molar-refractivity contribution in [2.45, 2.75) is 185 Å². The summed E-state index contributed by atoms with van der Waals surface area (Å²) in [6.07, 6.45) is 25.6. The van der Waals surface area contributed by atoms with Gasteiger partial charge in [-0.15, -0.1) is 11.8 Å². The lowest BCUT2D eigenvalue weighted by molar-refractivity contribution is -0.142. The number of hydrogen-bond donors (Lipinski definition) is 2. The van der Waals surface area contributed by atoms with E-state index in [4.69, 9.17) is 10.8 Å². The minimum absolute atomic E-state index is 0.246. The fourth-order valence-electron chi connectivity index (χ4n) is 5.61. The van der Waals surface area contributed by atoms with E-state index in [0.29, 0.717) is 5.56 Å². The largest absolute Gasteiger partial charge is 0.478 e. The summed E-state index contributed by atoms with van der Waals surface area (Å²) in [5.74, 6) is -1.89. The normalized spacial score (nSPS) is 11.2. The summed E-state index contributed by atoms with van der Waals surface area (Å²) >= 11 is 1.44. The molecule has 0 fully saturated rings. The number of aromatic carboxylic acids is 1. The lowest BCUT2D eigenvalue weighted by atomic mass is 9.79. The Labute approximate surface area is 285 Å². The van der Waals surface area contributed by atoms with Gasteiger partial charge >= 0.3 is 5.97 Å². The number of ketones is 3. The molecule has 46 heavy (non-hydrogen) atoms. The van der Waals surface area contributed by atoms with Gasteiger partial charge in [0.25, 0.3) is 0 Å². The molecule has 6 nitrogen and oxygen atoms in total. The van der Waals surface area contributed by atoms with Crippen LogP contribution in [0.15, 0.2) is 29.2 Å². The van der Waals surface area contributed by atoms with Crippen LogP contribution >= 0.6 is 11.8 Å². The van der Waals surface area contributed by atoms with Crippen molar-refractivity contribution in [2.75, 3.05) is 6.26 Å². The van der Waals surface area contributed by atoms with Gasteiger partial charge in [-0.1, -0.05) is 148 Å². The van der Waals surface area contributed by atoms with Crippen LogP contribution in [0.3, 0.4) is 0 Å². The van der Waals surface area contributed by atoms with Crippen LogP contribution in [-0.4, -0.2) is 40.2 Å². The standard InChI is InChI=1S/C31H59NO3.C8H8O2S/c1-4-7-10-13-16-19-22-25-28(33)31(32,29(34)26-23-20-17-14-11-8-5-2)30(35)27-24-21-18-15-12-9-6-3;1-11-7-5-3-2-4-6(7)8(9)10/h4-27,32H2,1-3H3;2-5H,1H3,(H,9,10). The van der Waals surface area contributed by atoms with Crippen molar-refractivity contribution in [3.05, 3.63) is 29.8 Å². The number of carbonyl (C=O) groups excluding carboxylic acids is 3. The van der Waals surface area contributed by atoms with E-state index in [2.05, 4.69) is 20.8 Å². The van der Waals surface area contributed by atoms with E-state index in [1.807, 2.05) is 12.3 Å². The van der Waals surface area contributed by atoms with E-state index in [9.17, 15) is 19.2 Å². The Morgan fingerprint density at radius 3 is 1.15 bits per heavy atom. The zero-order valence-electron chi connectivity index (χ0n) is 29.8. The predicted molar refractivity (Wildman–Crippen MR) is 195 cm³/mol. The highest BCUT2D eigenvalue weighted by Gasteiger charge is 2.46. The van der Waals surface area contributed by atoms with Crippen LogP contribution in [0.2, 0.25) is 0 Å². The highest BCUT2D eigenvalue weighted by Crippen LogP contribution is 2.21. The molecule has 264 valence electrons. The highest BCUT2D eigenvalue weighted by atomic mass is 32.2. The monoisotopic (exact) mass is 661 g/mol. The molecule has 7 heteroatoms. The molecule has 3 N–H and O–H groups in total. The Hall–Kier alpha value is -1.99. The van der Waals surface area contributed by atoms with Crippen molar-refractivity contribution < 1.29 is 24.3 Å². The third-order valence-corrected chi connectivity index (χ3v) is 9.47. The van der Waals surface area contributed by atoms with Gasteiger partial charge in [0.2, 0.25) is 0 Å². The second-order valence-electron chi connectivity index (χ2n) is 12.7. The minimum Gasteiger partial charge on any atom is -0.478 e. The summed E-state index contributed by atoms with van der Waals surface area (Å²) in [5, 5.41) is 8.68. The Morgan fingerprint density at radius 2 is 0.870 bits per heavy atom. The fraction of sp³-hybridized carbons (Fsp3) is 0.744. The second-order valence-corrected chi connectivity index (χ2v) is 13.5. The van der Waals surface area contributed by atoms with Crippen molar-refractivity contribution in [1.82, 2.24) is 0 Å². The quantitative estimate of drug-likeness (QED) is 0.0498. The topological polar surface area (TPSA) is 115 Å². The molecule has 0 aliphatic carbocycles. The van der Waals surface area contributed by atoms with Crippen molar-refractivity contribution in [3.63, 3.8) is 0 Å². The fourth-order valence-corrected chi connectivity index (χ4v) is 6.20. The average molecular weight is 662 g/mol. The molecule has 0 unspecified atom stereocenters. The molecule has 0 atom stereocenters. The molecule has 0 aromatic heterocycles. The van der Waals surface area contributed by atoms with Crippen molar-refractivity contribution in [3.8, 4) is 0 Å². The molecular formula is C39H67NO5S. The van der Waals surface area contributed by atoms with Crippen LogP contribution in [0.4, 0.5) is 0 Å². The number of unbranched alkanes of at least 4 members (excludes halogenated alkanes) is 18. The van der Waals surface area contributed by atoms with Crippen molar-refractivity contribution in [2.24, 2.45) is 5.73 Å². The van der Waals surface area contributed by atoms with Crippen molar-refractivity contribution >= 4 is 35.1 Å². The summed E-state index contributed by atoms with van der Waals surface area (Å²) < 4.78 is 0. The first-order chi connectivity index (χ1) is 22.2. The van der Waals surface area contributed by atoms with Gasteiger partial charge in [0.05, 0.1) is 5.56 Å². The highest BCUT2D eigenvalue weighted by molar-refractivity contribution is 7.98. The Kier molecular flexibility index (Phi) is 27.9. The number of Topliss-reactive ketones (excluding diaryl/α,β-unsaturated/α-hetero) is 3. The van der Waals surface area contributed by atoms with Gasteiger partial charge in [-0.05, 0) is 37.7 Å². The lowest BCUT2D eigenvalue weighted by Crippen LogP contribution is -2.61. The summed E-state index contributed by atoms with van der Waals surface area (Å²) in [4.78, 5) is 50.8. The number of nitrogens with two attached hydrogens (primary N) is 1. The number of hydrogen-bond acceptors (Lipinski definition) is 6. The first-order valence-electron chi connectivity index (χ1n) is 18.5. The van der Waals surface area contributed by atoms with E-state index in [-0.39, 0.29) is 36.6 Å². The van der Waals surface area contributed by atoms with Crippen LogP contribution in [-0.2, 0) is 14.4 Å². The smallest absolute Gasteiger partial charge is 0.336 e. The number of carboxylic acid groups (broad SMARTS) is 1. The summed E-state index contributed by atoms with van der Waals surface area (Å²) in [5.41, 5.74) is 4.89. The zero-order valence-corrected chi connectivity index (χ0v) is 30.7. The van der Waals surface area contributed by atoms with Gasteiger partial charge < -0.3 is 10.8 Å². The number of carbonyl (C=O) groups is 4. The molecule has 0 aliphatic heterocycles. The van der Waals surface area contributed by atoms with Crippen LogP contribution in [0.25, 0.3) is 0 Å². The van der Waals surface area contributed by atoms with Crippen LogP contribution in [0, 0.1) is 0 Å². The molecule has 0 amide bonds. The molecule has 0 saturated carbocycles. The molecule has 0 heterocycles. The minimum atomic E-state index is -1.91. The Bertz CT molecular complexity index is 889. The molecule has 1 aromatic carbocycles. The second kappa shape index (κ2) is 29.2. The SMILES string of the molecule is CCCCCCCCCC(=O)C(N)(C(=O)CCCCCCCCC)C(=O)CCCCCCCCC.CSc1ccccc1C(=O)O. The van der Waals surface area contributed by atoms with Crippen LogP contribution in [0.5, 0.6) is 0 Å².